The molecule has 0 aromatic heterocycles. The molecule has 5 atom stereocenters. The SMILES string of the molecule is CCNc1cc(O[C@@H]2O[C@H](COC(=O)c3cc(OC)c(O)c(OCNCCC(C)C)c3)[C@@H](O)[C@H](O)[C@H]2O)c(OCNC(N)=NC)cc1C(=O)O. The van der Waals surface area contributed by atoms with Gasteiger partial charge in [0, 0.05) is 25.7 Å². The third-order valence-electron chi connectivity index (χ3n) is 7.42. The number of aliphatic hydroxyl groups excluding tert-OH is 3. The van der Waals surface area contributed by atoms with Crippen LogP contribution in [0.2, 0.25) is 0 Å². The van der Waals surface area contributed by atoms with Crippen LogP contribution in [0.25, 0.3) is 0 Å². The summed E-state index contributed by atoms with van der Waals surface area (Å²) in [5.74, 6) is -2.29. The molecule has 278 valence electrons. The van der Waals surface area contributed by atoms with Gasteiger partial charge in [-0.05, 0) is 37.9 Å². The molecule has 1 aliphatic rings. The quantitative estimate of drug-likeness (QED) is 0.0334. The third kappa shape index (κ3) is 10.6. The number of ether oxygens (including phenoxy) is 6. The van der Waals surface area contributed by atoms with Crippen LogP contribution in [0.4, 0.5) is 5.69 Å². The number of hydrogen-bond donors (Lipinski definition) is 9. The lowest BCUT2D eigenvalue weighted by atomic mass is 9.99. The van der Waals surface area contributed by atoms with E-state index in [0.717, 1.165) is 6.42 Å². The summed E-state index contributed by atoms with van der Waals surface area (Å²) in [6, 6.07) is 4.98. The summed E-state index contributed by atoms with van der Waals surface area (Å²) in [6.07, 6.45) is -7.49. The number of aromatic hydroxyl groups is 1. The Bertz CT molecular complexity index is 1470. The molecule has 0 radical (unpaired) electrons. The molecule has 0 saturated carbocycles. The van der Waals surface area contributed by atoms with E-state index in [0.29, 0.717) is 19.0 Å². The number of aliphatic imine (C=N–C) groups is 1. The molecule has 0 unspecified atom stereocenters. The van der Waals surface area contributed by atoms with Gasteiger partial charge in [0.1, 0.15) is 37.8 Å². The van der Waals surface area contributed by atoms with E-state index in [4.69, 9.17) is 34.2 Å². The second kappa shape index (κ2) is 18.9. The van der Waals surface area contributed by atoms with E-state index in [-0.39, 0.29) is 65.0 Å². The topological polar surface area (TPSA) is 265 Å². The summed E-state index contributed by atoms with van der Waals surface area (Å²) in [5.41, 5.74) is 5.58. The number of hydrogen-bond acceptors (Lipinski definition) is 15. The highest BCUT2D eigenvalue weighted by molar-refractivity contribution is 5.95. The molecule has 3 rings (SSSR count). The lowest BCUT2D eigenvalue weighted by Gasteiger charge is -2.40. The number of aliphatic hydroxyl groups is 3. The van der Waals surface area contributed by atoms with Crippen molar-refractivity contribution in [2.45, 2.75) is 57.9 Å². The fraction of sp³-hybridized carbons (Fsp3) is 0.531. The highest BCUT2D eigenvalue weighted by Crippen LogP contribution is 2.38. The predicted octanol–water partition coefficient (Wildman–Crippen LogP) is 0.417. The molecule has 18 nitrogen and oxygen atoms in total. The van der Waals surface area contributed by atoms with Crippen LogP contribution in [-0.4, -0.2) is 121 Å². The maximum absolute atomic E-state index is 13.1. The molecular weight excluding hydrogens is 662 g/mol. The fourth-order valence-electron chi connectivity index (χ4n) is 4.62. The molecule has 0 amide bonds. The van der Waals surface area contributed by atoms with Crippen molar-refractivity contribution in [1.82, 2.24) is 10.6 Å². The van der Waals surface area contributed by atoms with Crippen molar-refractivity contribution in [3.63, 3.8) is 0 Å². The lowest BCUT2D eigenvalue weighted by molar-refractivity contribution is -0.277. The van der Waals surface area contributed by atoms with Crippen molar-refractivity contribution < 1.29 is 63.5 Å². The Hall–Kier alpha value is -4.75. The van der Waals surface area contributed by atoms with Gasteiger partial charge in [0.25, 0.3) is 0 Å². The lowest BCUT2D eigenvalue weighted by Crippen LogP contribution is -2.60. The molecule has 18 heteroatoms. The first-order valence-electron chi connectivity index (χ1n) is 15.8. The van der Waals surface area contributed by atoms with E-state index < -0.39 is 49.3 Å². The highest BCUT2D eigenvalue weighted by Gasteiger charge is 2.46. The first-order valence-corrected chi connectivity index (χ1v) is 15.8. The van der Waals surface area contributed by atoms with Gasteiger partial charge in [0.2, 0.25) is 12.0 Å². The Morgan fingerprint density at radius 2 is 1.70 bits per heavy atom. The van der Waals surface area contributed by atoms with E-state index in [2.05, 4.69) is 34.8 Å². The van der Waals surface area contributed by atoms with Crippen LogP contribution in [0, 0.1) is 5.92 Å². The van der Waals surface area contributed by atoms with Crippen LogP contribution >= 0.6 is 0 Å². The van der Waals surface area contributed by atoms with Gasteiger partial charge in [0.15, 0.2) is 35.7 Å². The summed E-state index contributed by atoms with van der Waals surface area (Å²) in [6.45, 7) is 6.12. The van der Waals surface area contributed by atoms with Crippen molar-refractivity contribution in [2.24, 2.45) is 16.6 Å². The van der Waals surface area contributed by atoms with E-state index in [1.807, 2.05) is 0 Å². The number of nitrogens with zero attached hydrogens (tertiary/aromatic N) is 1. The van der Waals surface area contributed by atoms with Gasteiger partial charge in [0.05, 0.1) is 23.9 Å². The van der Waals surface area contributed by atoms with E-state index in [9.17, 15) is 35.1 Å². The molecule has 1 saturated heterocycles. The second-order valence-electron chi connectivity index (χ2n) is 11.5. The van der Waals surface area contributed by atoms with Crippen LogP contribution in [0.1, 0.15) is 47.9 Å². The van der Waals surface area contributed by atoms with Crippen LogP contribution in [0.3, 0.4) is 0 Å². The molecule has 2 aromatic carbocycles. The summed E-state index contributed by atoms with van der Waals surface area (Å²) in [7, 11) is 2.74. The van der Waals surface area contributed by atoms with Gasteiger partial charge >= 0.3 is 11.9 Å². The number of rotatable bonds is 18. The van der Waals surface area contributed by atoms with E-state index in [1.54, 1.807) is 6.92 Å². The smallest absolute Gasteiger partial charge is 0.338 e. The average molecular weight is 710 g/mol. The number of nitrogens with one attached hydrogen (secondary N) is 3. The Morgan fingerprint density at radius 1 is 1.00 bits per heavy atom. The molecule has 1 heterocycles. The fourth-order valence-corrected chi connectivity index (χ4v) is 4.62. The molecular formula is C32H47N5O13. The Labute approximate surface area is 289 Å². The summed E-state index contributed by atoms with van der Waals surface area (Å²) < 4.78 is 33.4. The van der Waals surface area contributed by atoms with E-state index >= 15 is 0 Å². The molecule has 1 aliphatic heterocycles. The maximum atomic E-state index is 13.1. The first-order chi connectivity index (χ1) is 23.8. The minimum absolute atomic E-state index is 0.0411. The minimum Gasteiger partial charge on any atom is -0.502 e. The molecule has 10 N–H and O–H groups in total. The number of carbonyl (C=O) groups is 2. The van der Waals surface area contributed by atoms with Crippen LogP contribution < -0.4 is 40.6 Å². The number of carboxylic acid groups (broad SMARTS) is 1. The summed E-state index contributed by atoms with van der Waals surface area (Å²) >= 11 is 0. The number of methoxy groups -OCH3 is 1. The molecule has 0 aliphatic carbocycles. The number of phenolic OH excluding ortho intramolecular Hbond substituents is 1. The van der Waals surface area contributed by atoms with Crippen molar-refractivity contribution in [3.8, 4) is 28.7 Å². The number of carbonyl (C=O) groups excluding carboxylic acids is 1. The van der Waals surface area contributed by atoms with Gasteiger partial charge in [-0.1, -0.05) is 13.8 Å². The third-order valence-corrected chi connectivity index (χ3v) is 7.42. The van der Waals surface area contributed by atoms with E-state index in [1.165, 1.54) is 38.4 Å². The number of carboxylic acids is 1. The largest absolute Gasteiger partial charge is 0.502 e. The van der Waals surface area contributed by atoms with Crippen LogP contribution in [0.5, 0.6) is 28.7 Å². The predicted molar refractivity (Wildman–Crippen MR) is 179 cm³/mol. The van der Waals surface area contributed by atoms with Gasteiger partial charge in [-0.25, -0.2) is 9.59 Å². The Kier molecular flexibility index (Phi) is 15.0. The number of anilines is 1. The maximum Gasteiger partial charge on any atom is 0.338 e. The average Bonchev–Trinajstić information content (AvgIpc) is 3.08. The van der Waals surface area contributed by atoms with Gasteiger partial charge in [-0.15, -0.1) is 0 Å². The van der Waals surface area contributed by atoms with Crippen molar-refractivity contribution in [1.29, 1.82) is 0 Å². The minimum atomic E-state index is -1.81. The van der Waals surface area contributed by atoms with Crippen LogP contribution in [-0.2, 0) is 9.47 Å². The zero-order chi connectivity index (χ0) is 37.0. The van der Waals surface area contributed by atoms with Gasteiger partial charge < -0.3 is 70.3 Å². The Morgan fingerprint density at radius 3 is 2.34 bits per heavy atom. The molecule has 50 heavy (non-hydrogen) atoms. The number of esters is 1. The first kappa shape index (κ1) is 39.7. The monoisotopic (exact) mass is 709 g/mol. The normalized spacial score (nSPS) is 20.6. The zero-order valence-corrected chi connectivity index (χ0v) is 28.5. The van der Waals surface area contributed by atoms with Crippen molar-refractivity contribution >= 4 is 23.6 Å². The summed E-state index contributed by atoms with van der Waals surface area (Å²) in [5, 5.41) is 61.0. The number of guanidine groups is 1. The Balaban J connectivity index is 1.79. The van der Waals surface area contributed by atoms with Gasteiger partial charge in [-0.2, -0.15) is 0 Å². The van der Waals surface area contributed by atoms with Crippen molar-refractivity contribution in [2.75, 3.05) is 52.6 Å². The van der Waals surface area contributed by atoms with Gasteiger partial charge in [-0.3, -0.25) is 10.3 Å². The number of phenols is 1. The van der Waals surface area contributed by atoms with Crippen LogP contribution in [0.15, 0.2) is 29.3 Å². The second-order valence-corrected chi connectivity index (χ2v) is 11.5. The molecule has 1 fully saturated rings. The standard InChI is InChI=1S/C32H47N5O13/c1-6-36-19-12-21(20(11-18(19)29(42)43)48-15-37-32(33)34-4)49-31-28(41)27(40)26(39)24(50-31)13-46-30(44)17-9-22(45-5)25(38)23(10-17)47-14-35-8-7-16(2)3/h9-12,16,24,26-28,31,35-36,38-41H,6-8,13-15H2,1-5H3,(H,42,43)(H3,33,34,37)/t24-,26-,27+,28-,31-/m1/s1. The summed E-state index contributed by atoms with van der Waals surface area (Å²) in [4.78, 5) is 28.8. The number of benzene rings is 2. The molecule has 2 aromatic rings. The number of aromatic carboxylic acids is 1. The zero-order valence-electron chi connectivity index (χ0n) is 28.5. The van der Waals surface area contributed by atoms with Crippen molar-refractivity contribution in [3.05, 3.63) is 35.4 Å². The molecule has 0 spiro atoms. The molecule has 0 bridgehead atoms. The highest BCUT2D eigenvalue weighted by atomic mass is 16.7. The number of nitrogens with two attached hydrogens (primary N) is 1.